The molecule has 0 saturated heterocycles. The van der Waals surface area contributed by atoms with Gasteiger partial charge < -0.3 is 15.2 Å². The Hall–Kier alpha value is -2.84. The van der Waals surface area contributed by atoms with Crippen molar-refractivity contribution in [1.82, 2.24) is 14.8 Å². The number of nitrogens with one attached hydrogen (secondary N) is 2. The summed E-state index contributed by atoms with van der Waals surface area (Å²) in [5.74, 6) is 0.404. The van der Waals surface area contributed by atoms with E-state index in [0.717, 1.165) is 23.2 Å². The molecule has 32 heavy (non-hydrogen) atoms. The Morgan fingerprint density at radius 2 is 1.84 bits per heavy atom. The van der Waals surface area contributed by atoms with Crippen LogP contribution >= 0.6 is 23.4 Å². The van der Waals surface area contributed by atoms with Gasteiger partial charge in [-0.15, -0.1) is 10.2 Å². The van der Waals surface area contributed by atoms with Gasteiger partial charge in [-0.3, -0.25) is 9.59 Å². The highest BCUT2D eigenvalue weighted by atomic mass is 35.5. The molecule has 0 spiro atoms. The number of benzene rings is 2. The number of aryl methyl sites for hydroxylation is 2. The van der Waals surface area contributed by atoms with E-state index in [4.69, 9.17) is 11.6 Å². The Labute approximate surface area is 197 Å². The summed E-state index contributed by atoms with van der Waals surface area (Å²) in [7, 11) is 0. The molecule has 2 N–H and O–H groups in total. The number of hydrogen-bond acceptors (Lipinski definition) is 5. The first-order valence-corrected chi connectivity index (χ1v) is 11.8. The van der Waals surface area contributed by atoms with Gasteiger partial charge in [0.15, 0.2) is 5.16 Å². The van der Waals surface area contributed by atoms with Crippen molar-refractivity contribution in [2.45, 2.75) is 45.3 Å². The first-order chi connectivity index (χ1) is 15.4. The maximum absolute atomic E-state index is 12.6. The summed E-state index contributed by atoms with van der Waals surface area (Å²) in [6.45, 7) is 6.50. The highest BCUT2D eigenvalue weighted by Gasteiger charge is 2.16. The second kappa shape index (κ2) is 11.2. The molecule has 0 aliphatic rings. The number of halogens is 1. The Morgan fingerprint density at radius 1 is 1.06 bits per heavy atom. The predicted octanol–water partition coefficient (Wildman–Crippen LogP) is 4.73. The lowest BCUT2D eigenvalue weighted by atomic mass is 10.1. The van der Waals surface area contributed by atoms with E-state index in [2.05, 4.69) is 20.8 Å². The maximum atomic E-state index is 12.6. The number of carbonyl (C=O) groups excluding carboxylic acids is 2. The number of rotatable bonds is 9. The number of amides is 2. The molecule has 1 aromatic heterocycles. The molecule has 0 aliphatic carbocycles. The molecule has 9 heteroatoms. The summed E-state index contributed by atoms with van der Waals surface area (Å²) in [5, 5.41) is 15.3. The van der Waals surface area contributed by atoms with Gasteiger partial charge in [0.25, 0.3) is 0 Å². The topological polar surface area (TPSA) is 88.9 Å². The fourth-order valence-electron chi connectivity index (χ4n) is 3.16. The largest absolute Gasteiger partial charge is 0.325 e. The van der Waals surface area contributed by atoms with Crippen LogP contribution in [0.3, 0.4) is 0 Å². The summed E-state index contributed by atoms with van der Waals surface area (Å²) < 4.78 is 1.85. The van der Waals surface area contributed by atoms with Crippen LogP contribution in [0.15, 0.2) is 47.6 Å². The normalized spacial score (nSPS) is 10.8. The van der Waals surface area contributed by atoms with E-state index in [1.165, 1.54) is 11.8 Å². The summed E-state index contributed by atoms with van der Waals surface area (Å²) in [4.78, 5) is 24.9. The number of para-hydroxylation sites is 1. The number of aromatic nitrogens is 3. The fraction of sp³-hybridized carbons (Fsp3) is 0.304. The zero-order chi connectivity index (χ0) is 23.1. The lowest BCUT2D eigenvalue weighted by Gasteiger charge is -2.10. The van der Waals surface area contributed by atoms with Crippen molar-refractivity contribution in [2.75, 3.05) is 16.4 Å². The molecular formula is C23H26ClN5O2S. The predicted molar refractivity (Wildman–Crippen MR) is 129 cm³/mol. The number of thioether (sulfide) groups is 1. The van der Waals surface area contributed by atoms with Gasteiger partial charge >= 0.3 is 0 Å². The molecule has 0 atom stereocenters. The number of carbonyl (C=O) groups is 2. The van der Waals surface area contributed by atoms with Crippen LogP contribution in [0.2, 0.25) is 5.02 Å². The summed E-state index contributed by atoms with van der Waals surface area (Å²) >= 11 is 7.39. The van der Waals surface area contributed by atoms with Crippen LogP contribution < -0.4 is 10.6 Å². The maximum Gasteiger partial charge on any atom is 0.234 e. The SMILES string of the molecule is CCc1ccccc1NC(=O)Cc1nnc(SCC(=O)Nc2ccc(C)c(Cl)c2)n1CC. The second-order valence-electron chi connectivity index (χ2n) is 7.18. The molecule has 2 amide bonds. The van der Waals surface area contributed by atoms with E-state index in [1.807, 2.05) is 61.7 Å². The van der Waals surface area contributed by atoms with Gasteiger partial charge in [0.2, 0.25) is 11.8 Å². The van der Waals surface area contributed by atoms with Crippen LogP contribution in [0.25, 0.3) is 0 Å². The Balaban J connectivity index is 1.59. The first kappa shape index (κ1) is 23.8. The van der Waals surface area contributed by atoms with Gasteiger partial charge in [-0.2, -0.15) is 0 Å². The van der Waals surface area contributed by atoms with Crippen LogP contribution in [-0.2, 0) is 29.0 Å². The monoisotopic (exact) mass is 471 g/mol. The zero-order valence-electron chi connectivity index (χ0n) is 18.3. The molecule has 0 radical (unpaired) electrons. The molecule has 2 aromatic carbocycles. The third kappa shape index (κ3) is 6.11. The van der Waals surface area contributed by atoms with Crippen molar-refractivity contribution in [3.8, 4) is 0 Å². The van der Waals surface area contributed by atoms with Crippen molar-refractivity contribution >= 4 is 46.6 Å². The van der Waals surface area contributed by atoms with Crippen LogP contribution in [0, 0.1) is 6.92 Å². The number of hydrogen-bond donors (Lipinski definition) is 2. The number of anilines is 2. The lowest BCUT2D eigenvalue weighted by Crippen LogP contribution is -2.18. The van der Waals surface area contributed by atoms with Gasteiger partial charge in [-0.05, 0) is 49.6 Å². The quantitative estimate of drug-likeness (QED) is 0.440. The smallest absolute Gasteiger partial charge is 0.234 e. The third-order valence-corrected chi connectivity index (χ3v) is 6.26. The van der Waals surface area contributed by atoms with Gasteiger partial charge in [0.1, 0.15) is 5.82 Å². The second-order valence-corrected chi connectivity index (χ2v) is 8.53. The number of nitrogens with zero attached hydrogens (tertiary/aromatic N) is 3. The molecule has 3 aromatic rings. The zero-order valence-corrected chi connectivity index (χ0v) is 19.9. The highest BCUT2D eigenvalue weighted by molar-refractivity contribution is 7.99. The molecule has 0 fully saturated rings. The van der Waals surface area contributed by atoms with E-state index in [-0.39, 0.29) is 24.0 Å². The highest BCUT2D eigenvalue weighted by Crippen LogP contribution is 2.22. The summed E-state index contributed by atoms with van der Waals surface area (Å²) in [5.41, 5.74) is 3.48. The molecular weight excluding hydrogens is 446 g/mol. The molecule has 3 rings (SSSR count). The van der Waals surface area contributed by atoms with Crippen molar-refractivity contribution in [1.29, 1.82) is 0 Å². The lowest BCUT2D eigenvalue weighted by molar-refractivity contribution is -0.116. The van der Waals surface area contributed by atoms with E-state index in [1.54, 1.807) is 6.07 Å². The minimum absolute atomic E-state index is 0.105. The summed E-state index contributed by atoms with van der Waals surface area (Å²) in [6, 6.07) is 13.1. The molecule has 1 heterocycles. The Bertz CT molecular complexity index is 1120. The summed E-state index contributed by atoms with van der Waals surface area (Å²) in [6.07, 6.45) is 0.937. The van der Waals surface area contributed by atoms with Gasteiger partial charge in [0.05, 0.1) is 12.2 Å². The average molecular weight is 472 g/mol. The van der Waals surface area contributed by atoms with E-state index in [0.29, 0.717) is 28.2 Å². The van der Waals surface area contributed by atoms with E-state index >= 15 is 0 Å². The van der Waals surface area contributed by atoms with Crippen LogP contribution in [0.1, 0.15) is 30.8 Å². The average Bonchev–Trinajstić information content (AvgIpc) is 3.16. The van der Waals surface area contributed by atoms with Crippen LogP contribution in [-0.4, -0.2) is 32.3 Å². The minimum atomic E-state index is -0.170. The Morgan fingerprint density at radius 3 is 2.56 bits per heavy atom. The van der Waals surface area contributed by atoms with Crippen molar-refractivity contribution in [2.24, 2.45) is 0 Å². The minimum Gasteiger partial charge on any atom is -0.325 e. The van der Waals surface area contributed by atoms with E-state index < -0.39 is 0 Å². The first-order valence-electron chi connectivity index (χ1n) is 10.4. The molecule has 0 unspecified atom stereocenters. The van der Waals surface area contributed by atoms with Crippen LogP contribution in [0.5, 0.6) is 0 Å². The molecule has 0 aliphatic heterocycles. The van der Waals surface area contributed by atoms with Crippen molar-refractivity contribution in [3.63, 3.8) is 0 Å². The van der Waals surface area contributed by atoms with Crippen LogP contribution in [0.4, 0.5) is 11.4 Å². The molecule has 0 bridgehead atoms. The van der Waals surface area contributed by atoms with E-state index in [9.17, 15) is 9.59 Å². The molecule has 0 saturated carbocycles. The third-order valence-electron chi connectivity index (χ3n) is 4.89. The van der Waals surface area contributed by atoms with Gasteiger partial charge in [0, 0.05) is 22.9 Å². The molecule has 7 nitrogen and oxygen atoms in total. The van der Waals surface area contributed by atoms with Crippen molar-refractivity contribution in [3.05, 3.63) is 64.4 Å². The van der Waals surface area contributed by atoms with Gasteiger partial charge in [-0.1, -0.05) is 54.6 Å². The van der Waals surface area contributed by atoms with Gasteiger partial charge in [-0.25, -0.2) is 0 Å². The Kier molecular flexibility index (Phi) is 8.30. The standard InChI is InChI=1S/C23H26ClN5O2S/c1-4-16-8-6-7-9-19(16)26-21(30)13-20-27-28-23(29(20)5-2)32-14-22(31)25-17-11-10-15(3)18(24)12-17/h6-12H,4-5,13-14H2,1-3H3,(H,25,31)(H,26,30). The molecule has 168 valence electrons. The van der Waals surface area contributed by atoms with Crippen molar-refractivity contribution < 1.29 is 9.59 Å². The fourth-order valence-corrected chi connectivity index (χ4v) is 4.16.